The molecule has 0 aliphatic heterocycles. The van der Waals surface area contributed by atoms with Gasteiger partial charge in [0.05, 0.1) is 6.26 Å². The molecule has 1 aromatic rings. The summed E-state index contributed by atoms with van der Waals surface area (Å²) in [6.45, 7) is 0.744. The molecule has 90 valence electrons. The summed E-state index contributed by atoms with van der Waals surface area (Å²) in [5.41, 5.74) is 0. The Labute approximate surface area is 101 Å². The first-order valence-electron chi connectivity index (χ1n) is 5.68. The summed E-state index contributed by atoms with van der Waals surface area (Å²) in [6, 6.07) is 3.72. The normalized spacial score (nSPS) is 10.3. The van der Waals surface area contributed by atoms with Crippen molar-refractivity contribution < 1.29 is 9.21 Å². The van der Waals surface area contributed by atoms with Crippen LogP contribution in [0.15, 0.2) is 22.8 Å². The van der Waals surface area contributed by atoms with Crippen molar-refractivity contribution in [2.75, 3.05) is 12.4 Å². The van der Waals surface area contributed by atoms with Crippen LogP contribution in [0.1, 0.15) is 31.4 Å². The molecule has 1 N–H and O–H groups in total. The number of alkyl halides is 1. The second kappa shape index (κ2) is 8.22. The summed E-state index contributed by atoms with van der Waals surface area (Å²) in [5, 5.41) is 2.88. The standard InChI is InChI=1S/C12H18ClNO2/c13-8-2-1-3-9-14-12(15)7-6-11-5-4-10-16-11/h4-5,10H,1-3,6-9H2,(H,14,15). The molecule has 0 bridgehead atoms. The number of hydrogen-bond donors (Lipinski definition) is 1. The molecule has 0 aliphatic carbocycles. The molecule has 0 aromatic carbocycles. The van der Waals surface area contributed by atoms with E-state index in [1.54, 1.807) is 6.26 Å². The average Bonchev–Trinajstić information content (AvgIpc) is 2.79. The van der Waals surface area contributed by atoms with Gasteiger partial charge in [0.2, 0.25) is 5.91 Å². The monoisotopic (exact) mass is 243 g/mol. The Bertz CT molecular complexity index is 285. The molecular formula is C12H18ClNO2. The zero-order chi connectivity index (χ0) is 11.6. The van der Waals surface area contributed by atoms with Crippen molar-refractivity contribution >= 4 is 17.5 Å². The smallest absolute Gasteiger partial charge is 0.220 e. The summed E-state index contributed by atoms with van der Waals surface area (Å²) in [6.07, 6.45) is 5.87. The Kier molecular flexibility index (Phi) is 6.74. The topological polar surface area (TPSA) is 42.2 Å². The van der Waals surface area contributed by atoms with Gasteiger partial charge in [-0.05, 0) is 25.0 Å². The lowest BCUT2D eigenvalue weighted by molar-refractivity contribution is -0.121. The number of carbonyl (C=O) groups excluding carboxylic acids is 1. The lowest BCUT2D eigenvalue weighted by atomic mass is 10.2. The van der Waals surface area contributed by atoms with E-state index in [1.807, 2.05) is 12.1 Å². The molecule has 1 heterocycles. The number of carbonyl (C=O) groups is 1. The van der Waals surface area contributed by atoms with Crippen molar-refractivity contribution in [2.24, 2.45) is 0 Å². The molecule has 1 rings (SSSR count). The van der Waals surface area contributed by atoms with E-state index in [9.17, 15) is 4.79 Å². The van der Waals surface area contributed by atoms with E-state index < -0.39 is 0 Å². The fraction of sp³-hybridized carbons (Fsp3) is 0.583. The lowest BCUT2D eigenvalue weighted by Gasteiger charge is -2.03. The molecule has 0 fully saturated rings. The van der Waals surface area contributed by atoms with Crippen LogP contribution in [-0.2, 0) is 11.2 Å². The summed E-state index contributed by atoms with van der Waals surface area (Å²) in [7, 11) is 0. The van der Waals surface area contributed by atoms with Gasteiger partial charge in [0.15, 0.2) is 0 Å². The van der Waals surface area contributed by atoms with Crippen molar-refractivity contribution in [1.82, 2.24) is 5.32 Å². The molecule has 0 atom stereocenters. The summed E-state index contributed by atoms with van der Waals surface area (Å²) < 4.78 is 5.15. The molecule has 3 nitrogen and oxygen atoms in total. The second-order valence-electron chi connectivity index (χ2n) is 3.68. The minimum absolute atomic E-state index is 0.0854. The third-order valence-corrected chi connectivity index (χ3v) is 2.58. The van der Waals surface area contributed by atoms with Gasteiger partial charge >= 0.3 is 0 Å². The molecule has 0 radical (unpaired) electrons. The predicted octanol–water partition coefficient (Wildman–Crippen LogP) is 2.74. The van der Waals surface area contributed by atoms with E-state index in [0.717, 1.165) is 31.6 Å². The van der Waals surface area contributed by atoms with Gasteiger partial charge in [-0.3, -0.25) is 4.79 Å². The highest BCUT2D eigenvalue weighted by Gasteiger charge is 2.02. The van der Waals surface area contributed by atoms with E-state index in [0.29, 0.717) is 18.7 Å². The highest BCUT2D eigenvalue weighted by atomic mass is 35.5. The van der Waals surface area contributed by atoms with Crippen LogP contribution in [-0.4, -0.2) is 18.3 Å². The van der Waals surface area contributed by atoms with Crippen molar-refractivity contribution in [3.63, 3.8) is 0 Å². The average molecular weight is 244 g/mol. The van der Waals surface area contributed by atoms with Crippen molar-refractivity contribution in [3.8, 4) is 0 Å². The number of nitrogens with one attached hydrogen (secondary N) is 1. The number of unbranched alkanes of at least 4 members (excludes halogenated alkanes) is 2. The summed E-state index contributed by atoms with van der Waals surface area (Å²) >= 11 is 5.55. The maximum atomic E-state index is 11.4. The maximum absolute atomic E-state index is 11.4. The van der Waals surface area contributed by atoms with E-state index >= 15 is 0 Å². The van der Waals surface area contributed by atoms with Crippen LogP contribution in [0.5, 0.6) is 0 Å². The van der Waals surface area contributed by atoms with Gasteiger partial charge in [-0.2, -0.15) is 0 Å². The summed E-state index contributed by atoms with van der Waals surface area (Å²) in [5.74, 6) is 1.64. The maximum Gasteiger partial charge on any atom is 0.220 e. The van der Waals surface area contributed by atoms with E-state index in [-0.39, 0.29) is 5.91 Å². The number of rotatable bonds is 8. The van der Waals surface area contributed by atoms with Gasteiger partial charge in [0.1, 0.15) is 5.76 Å². The molecule has 1 aromatic heterocycles. The van der Waals surface area contributed by atoms with Gasteiger partial charge in [0, 0.05) is 25.3 Å². The van der Waals surface area contributed by atoms with E-state index in [2.05, 4.69) is 5.32 Å². The third kappa shape index (κ3) is 5.81. The van der Waals surface area contributed by atoms with Crippen LogP contribution in [0.2, 0.25) is 0 Å². The van der Waals surface area contributed by atoms with Crippen molar-refractivity contribution in [1.29, 1.82) is 0 Å². The van der Waals surface area contributed by atoms with Crippen LogP contribution in [0.3, 0.4) is 0 Å². The first-order valence-corrected chi connectivity index (χ1v) is 6.21. The van der Waals surface area contributed by atoms with Gasteiger partial charge in [-0.1, -0.05) is 6.42 Å². The van der Waals surface area contributed by atoms with Gasteiger partial charge in [-0.15, -0.1) is 11.6 Å². The SMILES string of the molecule is O=C(CCc1ccco1)NCCCCCCl. The van der Waals surface area contributed by atoms with Crippen molar-refractivity contribution in [3.05, 3.63) is 24.2 Å². The number of amides is 1. The first-order chi connectivity index (χ1) is 7.83. The number of hydrogen-bond acceptors (Lipinski definition) is 2. The predicted molar refractivity (Wildman–Crippen MR) is 64.6 cm³/mol. The van der Waals surface area contributed by atoms with Gasteiger partial charge in [0.25, 0.3) is 0 Å². The highest BCUT2D eigenvalue weighted by molar-refractivity contribution is 6.17. The van der Waals surface area contributed by atoms with Crippen LogP contribution in [0.25, 0.3) is 0 Å². The number of furan rings is 1. The quantitative estimate of drug-likeness (QED) is 0.564. The Morgan fingerprint density at radius 2 is 2.25 bits per heavy atom. The molecule has 16 heavy (non-hydrogen) atoms. The molecule has 4 heteroatoms. The molecule has 0 saturated carbocycles. The molecule has 0 spiro atoms. The Balaban J connectivity index is 1.99. The zero-order valence-corrected chi connectivity index (χ0v) is 10.1. The fourth-order valence-electron chi connectivity index (χ4n) is 1.40. The first kappa shape index (κ1) is 13.1. The second-order valence-corrected chi connectivity index (χ2v) is 4.06. The van der Waals surface area contributed by atoms with Crippen molar-refractivity contribution in [2.45, 2.75) is 32.1 Å². The molecule has 0 aliphatic rings. The van der Waals surface area contributed by atoms with E-state index in [4.69, 9.17) is 16.0 Å². The molecule has 0 unspecified atom stereocenters. The van der Waals surface area contributed by atoms with Gasteiger partial charge < -0.3 is 9.73 Å². The minimum Gasteiger partial charge on any atom is -0.469 e. The molecule has 0 saturated heterocycles. The Hall–Kier alpha value is -0.960. The van der Waals surface area contributed by atoms with Crippen LogP contribution >= 0.6 is 11.6 Å². The highest BCUT2D eigenvalue weighted by Crippen LogP contribution is 2.03. The van der Waals surface area contributed by atoms with Crippen LogP contribution in [0.4, 0.5) is 0 Å². The Morgan fingerprint density at radius 3 is 2.94 bits per heavy atom. The largest absolute Gasteiger partial charge is 0.469 e. The number of halogens is 1. The van der Waals surface area contributed by atoms with E-state index in [1.165, 1.54) is 0 Å². The number of aryl methyl sites for hydroxylation is 1. The lowest BCUT2D eigenvalue weighted by Crippen LogP contribution is -2.24. The van der Waals surface area contributed by atoms with Crippen LogP contribution in [0, 0.1) is 0 Å². The van der Waals surface area contributed by atoms with Crippen LogP contribution < -0.4 is 5.32 Å². The fourth-order valence-corrected chi connectivity index (χ4v) is 1.59. The molecule has 1 amide bonds. The zero-order valence-electron chi connectivity index (χ0n) is 9.38. The summed E-state index contributed by atoms with van der Waals surface area (Å²) in [4.78, 5) is 11.4. The molecular weight excluding hydrogens is 226 g/mol. The Morgan fingerprint density at radius 1 is 1.38 bits per heavy atom. The minimum atomic E-state index is 0.0854. The van der Waals surface area contributed by atoms with Gasteiger partial charge in [-0.25, -0.2) is 0 Å². The third-order valence-electron chi connectivity index (χ3n) is 2.31.